The maximum atomic E-state index is 13.0. The molecule has 6 heteroatoms. The molecule has 0 radical (unpaired) electrons. The predicted octanol–water partition coefficient (Wildman–Crippen LogP) is 1.72. The highest BCUT2D eigenvalue weighted by molar-refractivity contribution is 6.08. The summed E-state index contributed by atoms with van der Waals surface area (Å²) in [5.41, 5.74) is 0.117. The summed E-state index contributed by atoms with van der Waals surface area (Å²) in [5, 5.41) is 20.3. The minimum Gasteiger partial charge on any atom is -0.396 e. The maximum Gasteiger partial charge on any atom is 0.264 e. The lowest BCUT2D eigenvalue weighted by Crippen LogP contribution is -2.45. The van der Waals surface area contributed by atoms with Crippen LogP contribution in [0.3, 0.4) is 0 Å². The largest absolute Gasteiger partial charge is 0.396 e. The topological polar surface area (TPSA) is 81.1 Å². The second kappa shape index (κ2) is 7.05. The van der Waals surface area contributed by atoms with Crippen molar-refractivity contribution in [2.75, 3.05) is 29.5 Å². The highest BCUT2D eigenvalue weighted by atomic mass is 16.3. The number of hydrogen-bond acceptors (Lipinski definition) is 4. The number of amides is 2. The smallest absolute Gasteiger partial charge is 0.264 e. The molecule has 26 heavy (non-hydrogen) atoms. The van der Waals surface area contributed by atoms with Gasteiger partial charge in [-0.25, -0.2) is 0 Å². The molecule has 0 spiro atoms. The van der Waals surface area contributed by atoms with E-state index in [0.29, 0.717) is 42.9 Å². The molecule has 1 fully saturated rings. The quantitative estimate of drug-likeness (QED) is 0.576. The molecule has 0 aliphatic carbocycles. The number of fused-ring (bicyclic) bond motifs is 1. The molecule has 0 aromatic heterocycles. The number of anilines is 2. The number of nitrogens with zero attached hydrogens (tertiary/aromatic N) is 2. The molecule has 2 amide bonds. The van der Waals surface area contributed by atoms with Crippen LogP contribution in [0.2, 0.25) is 0 Å². The molecular formula is C20H24N2O4. The summed E-state index contributed by atoms with van der Waals surface area (Å²) in [6, 6.07) is 5.32. The lowest BCUT2D eigenvalue weighted by Gasteiger charge is -2.32. The van der Waals surface area contributed by atoms with Crippen molar-refractivity contribution in [3.05, 3.63) is 48.6 Å². The van der Waals surface area contributed by atoms with Crippen molar-refractivity contribution in [2.24, 2.45) is 5.92 Å². The Morgan fingerprint density at radius 1 is 1.38 bits per heavy atom. The second-order valence-electron chi connectivity index (χ2n) is 6.70. The van der Waals surface area contributed by atoms with Gasteiger partial charge in [0.1, 0.15) is 0 Å². The molecule has 1 saturated heterocycles. The molecule has 2 N–H and O–H groups in total. The van der Waals surface area contributed by atoms with E-state index < -0.39 is 17.4 Å². The fourth-order valence-corrected chi connectivity index (χ4v) is 3.52. The fraction of sp³-hybridized carbons (Fsp3) is 0.400. The van der Waals surface area contributed by atoms with Crippen LogP contribution in [0.1, 0.15) is 25.3 Å². The normalized spacial score (nSPS) is 23.3. The third-order valence-corrected chi connectivity index (χ3v) is 5.11. The average molecular weight is 356 g/mol. The van der Waals surface area contributed by atoms with E-state index in [1.807, 2.05) is 0 Å². The Labute approximate surface area is 153 Å². The van der Waals surface area contributed by atoms with Gasteiger partial charge < -0.3 is 20.0 Å². The molecule has 0 unspecified atom stereocenters. The zero-order valence-corrected chi connectivity index (χ0v) is 14.9. The molecule has 2 aliphatic rings. The van der Waals surface area contributed by atoms with Crippen molar-refractivity contribution in [1.82, 2.24) is 0 Å². The lowest BCUT2D eigenvalue weighted by atomic mass is 9.82. The SMILES string of the molecule is C=CCN1C(=O)[C@@](O)([C@@H](C)/C=C/CCO)c2cc(N3CCC3=O)ccc21. The van der Waals surface area contributed by atoms with E-state index in [1.54, 1.807) is 48.3 Å². The van der Waals surface area contributed by atoms with E-state index in [0.717, 1.165) is 0 Å². The van der Waals surface area contributed by atoms with E-state index in [2.05, 4.69) is 6.58 Å². The molecule has 6 nitrogen and oxygen atoms in total. The molecule has 0 bridgehead atoms. The third-order valence-electron chi connectivity index (χ3n) is 5.11. The molecule has 2 atom stereocenters. The zero-order valence-electron chi connectivity index (χ0n) is 14.9. The minimum absolute atomic E-state index is 0.00991. The molecule has 1 aromatic carbocycles. The number of aliphatic hydroxyl groups is 2. The van der Waals surface area contributed by atoms with Crippen LogP contribution in [-0.2, 0) is 15.2 Å². The summed E-state index contributed by atoms with van der Waals surface area (Å²) in [7, 11) is 0. The number of carbonyl (C=O) groups excluding carboxylic acids is 2. The molecule has 138 valence electrons. The van der Waals surface area contributed by atoms with Gasteiger partial charge in [0.2, 0.25) is 5.91 Å². The van der Waals surface area contributed by atoms with Gasteiger partial charge in [-0.1, -0.05) is 25.2 Å². The molecule has 2 aliphatic heterocycles. The minimum atomic E-state index is -1.71. The van der Waals surface area contributed by atoms with Crippen LogP contribution >= 0.6 is 0 Å². The van der Waals surface area contributed by atoms with Crippen molar-refractivity contribution in [1.29, 1.82) is 0 Å². The summed E-state index contributed by atoms with van der Waals surface area (Å²) in [6.45, 7) is 6.41. The summed E-state index contributed by atoms with van der Waals surface area (Å²) < 4.78 is 0. The van der Waals surface area contributed by atoms with Gasteiger partial charge in [0.15, 0.2) is 5.60 Å². The van der Waals surface area contributed by atoms with Gasteiger partial charge >= 0.3 is 0 Å². The number of hydrogen-bond donors (Lipinski definition) is 2. The predicted molar refractivity (Wildman–Crippen MR) is 99.9 cm³/mol. The van der Waals surface area contributed by atoms with Crippen LogP contribution in [0.4, 0.5) is 11.4 Å². The van der Waals surface area contributed by atoms with Crippen LogP contribution in [0.15, 0.2) is 43.0 Å². The Morgan fingerprint density at radius 3 is 2.73 bits per heavy atom. The first-order chi connectivity index (χ1) is 12.4. The van der Waals surface area contributed by atoms with E-state index in [4.69, 9.17) is 5.11 Å². The lowest BCUT2D eigenvalue weighted by molar-refractivity contribution is -0.139. The Kier molecular flexibility index (Phi) is 4.98. The Morgan fingerprint density at radius 2 is 2.15 bits per heavy atom. The Balaban J connectivity index is 2.05. The third kappa shape index (κ3) is 2.75. The number of β-lactam (4-membered cyclic amide) rings is 1. The summed E-state index contributed by atoms with van der Waals surface area (Å²) >= 11 is 0. The second-order valence-corrected chi connectivity index (χ2v) is 6.70. The van der Waals surface area contributed by atoms with Crippen molar-refractivity contribution >= 4 is 23.2 Å². The summed E-state index contributed by atoms with van der Waals surface area (Å²) in [5.74, 6) is -0.852. The Bertz CT molecular complexity index is 773. The Hall–Kier alpha value is -2.44. The number of carbonyl (C=O) groups is 2. The van der Waals surface area contributed by atoms with E-state index in [-0.39, 0.29) is 12.5 Å². The number of aliphatic hydroxyl groups excluding tert-OH is 1. The summed E-state index contributed by atoms with van der Waals surface area (Å²) in [4.78, 5) is 28.0. The first-order valence-corrected chi connectivity index (χ1v) is 8.82. The van der Waals surface area contributed by atoms with Crippen LogP contribution < -0.4 is 9.80 Å². The number of benzene rings is 1. The van der Waals surface area contributed by atoms with Gasteiger partial charge in [-0.05, 0) is 24.6 Å². The average Bonchev–Trinajstić information content (AvgIpc) is 2.83. The van der Waals surface area contributed by atoms with Crippen molar-refractivity contribution < 1.29 is 19.8 Å². The molecule has 0 saturated carbocycles. The van der Waals surface area contributed by atoms with Gasteiger partial charge in [0.25, 0.3) is 5.91 Å². The van der Waals surface area contributed by atoms with Crippen LogP contribution in [-0.4, -0.2) is 41.7 Å². The first kappa shape index (κ1) is 18.4. The van der Waals surface area contributed by atoms with E-state index in [1.165, 1.54) is 4.90 Å². The molecule has 2 heterocycles. The van der Waals surface area contributed by atoms with Gasteiger partial charge in [0.05, 0.1) is 5.69 Å². The highest BCUT2D eigenvalue weighted by Crippen LogP contribution is 2.46. The van der Waals surface area contributed by atoms with E-state index in [9.17, 15) is 14.7 Å². The zero-order chi connectivity index (χ0) is 18.9. The fourth-order valence-electron chi connectivity index (χ4n) is 3.52. The van der Waals surface area contributed by atoms with Gasteiger partial charge in [0, 0.05) is 43.3 Å². The summed E-state index contributed by atoms with van der Waals surface area (Å²) in [6.07, 6.45) is 6.10. The van der Waals surface area contributed by atoms with Crippen LogP contribution in [0.25, 0.3) is 0 Å². The van der Waals surface area contributed by atoms with Crippen molar-refractivity contribution in [3.63, 3.8) is 0 Å². The van der Waals surface area contributed by atoms with Crippen LogP contribution in [0.5, 0.6) is 0 Å². The number of rotatable bonds is 7. The molecular weight excluding hydrogens is 332 g/mol. The highest BCUT2D eigenvalue weighted by Gasteiger charge is 2.52. The van der Waals surface area contributed by atoms with Gasteiger partial charge in [-0.15, -0.1) is 6.58 Å². The molecule has 3 rings (SSSR count). The molecule has 1 aromatic rings. The first-order valence-electron chi connectivity index (χ1n) is 8.82. The van der Waals surface area contributed by atoms with Crippen LogP contribution in [0, 0.1) is 5.92 Å². The van der Waals surface area contributed by atoms with Gasteiger partial charge in [-0.2, -0.15) is 0 Å². The maximum absolute atomic E-state index is 13.0. The van der Waals surface area contributed by atoms with E-state index >= 15 is 0 Å². The monoisotopic (exact) mass is 356 g/mol. The van der Waals surface area contributed by atoms with Crippen molar-refractivity contribution in [3.8, 4) is 0 Å². The van der Waals surface area contributed by atoms with Gasteiger partial charge in [-0.3, -0.25) is 9.59 Å². The van der Waals surface area contributed by atoms with Crippen molar-refractivity contribution in [2.45, 2.75) is 25.4 Å². The standard InChI is InChI=1S/C20H24N2O4/c1-3-10-22-17-8-7-15(21-11-9-18(21)24)13-16(17)20(26,19(22)25)14(2)6-4-5-12-23/h3-4,6-8,13-14,23,26H,1,5,9-12H2,2H3/b6-4+/t14-,20+/m0/s1.